The molecule has 0 fully saturated rings. The highest BCUT2D eigenvalue weighted by molar-refractivity contribution is 5.99. The highest BCUT2D eigenvalue weighted by atomic mass is 16.1. The number of nitrogens with one attached hydrogen (secondary N) is 2. The summed E-state index contributed by atoms with van der Waals surface area (Å²) in [6.45, 7) is 8.80. The first-order chi connectivity index (χ1) is 16.5. The van der Waals surface area contributed by atoms with Crippen molar-refractivity contribution in [3.05, 3.63) is 58.8 Å². The highest BCUT2D eigenvalue weighted by Crippen LogP contribution is 2.32. The van der Waals surface area contributed by atoms with Gasteiger partial charge < -0.3 is 20.9 Å². The molecule has 8 nitrogen and oxygen atoms in total. The Labute approximate surface area is 199 Å². The van der Waals surface area contributed by atoms with Crippen LogP contribution in [-0.4, -0.2) is 45.5 Å². The number of nitrogens with two attached hydrogens (primary N) is 1. The maximum Gasteiger partial charge on any atom is 0.251 e. The smallest absolute Gasteiger partial charge is 0.251 e. The van der Waals surface area contributed by atoms with Gasteiger partial charge in [0.05, 0.1) is 5.52 Å². The van der Waals surface area contributed by atoms with Gasteiger partial charge in [0, 0.05) is 67.2 Å². The molecule has 0 atom stereocenters. The minimum Gasteiger partial charge on any atom is -0.383 e. The van der Waals surface area contributed by atoms with Crippen LogP contribution in [0.2, 0.25) is 0 Å². The molecule has 0 radical (unpaired) electrons. The molecule has 1 aliphatic heterocycles. The molecule has 8 heteroatoms. The summed E-state index contributed by atoms with van der Waals surface area (Å²) in [7, 11) is 1.76. The number of aryl methyl sites for hydroxylation is 1. The highest BCUT2D eigenvalue weighted by Gasteiger charge is 2.23. The van der Waals surface area contributed by atoms with Crippen molar-refractivity contribution in [2.24, 2.45) is 0 Å². The van der Waals surface area contributed by atoms with Gasteiger partial charge in [-0.25, -0.2) is 4.98 Å². The first-order valence-electron chi connectivity index (χ1n) is 11.9. The lowest BCUT2D eigenvalue weighted by atomic mass is 10.0. The van der Waals surface area contributed by atoms with Crippen LogP contribution in [0.3, 0.4) is 0 Å². The van der Waals surface area contributed by atoms with Gasteiger partial charge in [0.15, 0.2) is 0 Å². The lowest BCUT2D eigenvalue weighted by Gasteiger charge is -2.26. The molecule has 0 spiro atoms. The van der Waals surface area contributed by atoms with Crippen LogP contribution >= 0.6 is 0 Å². The van der Waals surface area contributed by atoms with Crippen LogP contribution in [0.15, 0.2) is 36.4 Å². The Kier molecular flexibility index (Phi) is 5.83. The third-order valence-electron chi connectivity index (χ3n) is 6.83. The zero-order valence-electron chi connectivity index (χ0n) is 20.0. The maximum atomic E-state index is 13.1. The zero-order chi connectivity index (χ0) is 23.8. The zero-order valence-corrected chi connectivity index (χ0v) is 20.0. The molecule has 0 bridgehead atoms. The number of hydrogen-bond donors (Lipinski definition) is 3. The van der Waals surface area contributed by atoms with Gasteiger partial charge in [-0.1, -0.05) is 13.0 Å². The molecule has 0 unspecified atom stereocenters. The third kappa shape index (κ3) is 3.84. The normalized spacial score (nSPS) is 13.9. The summed E-state index contributed by atoms with van der Waals surface area (Å²) in [5.41, 5.74) is 12.5. The molecule has 176 valence electrons. The molecule has 5 rings (SSSR count). The molecule has 1 aliphatic rings. The molecular formula is C26H31N7O. The molecule has 0 saturated carbocycles. The Morgan fingerprint density at radius 1 is 1.09 bits per heavy atom. The van der Waals surface area contributed by atoms with Crippen LogP contribution in [0.1, 0.15) is 41.0 Å². The topological polar surface area (TPSA) is 101 Å². The van der Waals surface area contributed by atoms with E-state index in [9.17, 15) is 4.79 Å². The van der Waals surface area contributed by atoms with Crippen LogP contribution in [0.4, 0.5) is 11.8 Å². The molecule has 4 aromatic rings. The van der Waals surface area contributed by atoms with E-state index in [-0.39, 0.29) is 5.91 Å². The summed E-state index contributed by atoms with van der Waals surface area (Å²) in [5, 5.41) is 7.94. The number of nitrogen functional groups attached to an aromatic ring is 1. The summed E-state index contributed by atoms with van der Waals surface area (Å²) in [6.07, 6.45) is 1.05. The molecule has 34 heavy (non-hydrogen) atoms. The number of rotatable bonds is 6. The van der Waals surface area contributed by atoms with E-state index in [4.69, 9.17) is 5.73 Å². The monoisotopic (exact) mass is 457 g/mol. The van der Waals surface area contributed by atoms with Crippen molar-refractivity contribution in [2.75, 3.05) is 31.2 Å². The fourth-order valence-electron chi connectivity index (χ4n) is 4.98. The summed E-state index contributed by atoms with van der Waals surface area (Å²) >= 11 is 0. The van der Waals surface area contributed by atoms with E-state index < -0.39 is 0 Å². The van der Waals surface area contributed by atoms with Gasteiger partial charge in [-0.2, -0.15) is 4.98 Å². The number of fused-ring (bicyclic) bond motifs is 4. The second kappa shape index (κ2) is 8.95. The molecule has 1 amide bonds. The lowest BCUT2D eigenvalue weighted by Crippen LogP contribution is -2.30. The molecule has 4 N–H and O–H groups in total. The largest absolute Gasteiger partial charge is 0.383 e. The average molecular weight is 458 g/mol. The fourth-order valence-corrected chi connectivity index (χ4v) is 4.98. The number of carbonyl (C=O) groups is 1. The number of carbonyl (C=O) groups excluding carboxylic acids is 1. The van der Waals surface area contributed by atoms with E-state index in [0.717, 1.165) is 49.1 Å². The number of hydrogen-bond acceptors (Lipinski definition) is 6. The summed E-state index contributed by atoms with van der Waals surface area (Å²) in [6, 6.07) is 11.9. The molecule has 2 aromatic heterocycles. The predicted octanol–water partition coefficient (Wildman–Crippen LogP) is 3.54. The second-order valence-corrected chi connectivity index (χ2v) is 8.74. The van der Waals surface area contributed by atoms with Crippen molar-refractivity contribution in [3.8, 4) is 0 Å². The Hall–Kier alpha value is -3.65. The third-order valence-corrected chi connectivity index (χ3v) is 6.83. The summed E-state index contributed by atoms with van der Waals surface area (Å²) < 4.78 is 2.40. The van der Waals surface area contributed by atoms with Crippen molar-refractivity contribution < 1.29 is 4.79 Å². The van der Waals surface area contributed by atoms with Crippen molar-refractivity contribution in [3.63, 3.8) is 0 Å². The van der Waals surface area contributed by atoms with E-state index in [1.807, 2.05) is 24.3 Å². The molecule has 3 heterocycles. The van der Waals surface area contributed by atoms with E-state index in [1.54, 1.807) is 7.05 Å². The molecule has 0 saturated heterocycles. The molecule has 2 aromatic carbocycles. The van der Waals surface area contributed by atoms with Crippen LogP contribution in [0.5, 0.6) is 0 Å². The van der Waals surface area contributed by atoms with Crippen molar-refractivity contribution in [1.82, 2.24) is 24.8 Å². The van der Waals surface area contributed by atoms with Gasteiger partial charge in [-0.3, -0.25) is 9.69 Å². The van der Waals surface area contributed by atoms with Gasteiger partial charge in [-0.15, -0.1) is 0 Å². The fraction of sp³-hybridized carbons (Fsp3) is 0.346. The van der Waals surface area contributed by atoms with Crippen LogP contribution in [-0.2, 0) is 26.1 Å². The SMILES string of the molecule is CCN1CCc2c(c3cc(C(=O)NCc4ccc5nc(NC)nc(N)c5c4)ccc3n2CC)C1. The van der Waals surface area contributed by atoms with Gasteiger partial charge in [-0.05, 0) is 54.9 Å². The quantitative estimate of drug-likeness (QED) is 0.409. The number of benzene rings is 2. The van der Waals surface area contributed by atoms with Gasteiger partial charge >= 0.3 is 0 Å². The van der Waals surface area contributed by atoms with E-state index in [1.165, 1.54) is 22.2 Å². The van der Waals surface area contributed by atoms with Crippen molar-refractivity contribution in [2.45, 2.75) is 39.9 Å². The minimum absolute atomic E-state index is 0.0853. The average Bonchev–Trinajstić information content (AvgIpc) is 3.19. The number of anilines is 2. The second-order valence-electron chi connectivity index (χ2n) is 8.74. The standard InChI is InChI=1S/C26H31N7O/c1-4-32-11-10-23-20(15-32)18-13-17(7-9-22(18)33(23)5-2)25(34)29-14-16-6-8-21-19(12-16)24(27)31-26(28-3)30-21/h6-9,12-13H,4-5,10-11,14-15H2,1-3H3,(H,29,34)(H3,27,28,30,31). The van der Waals surface area contributed by atoms with Gasteiger partial charge in [0.2, 0.25) is 5.95 Å². The lowest BCUT2D eigenvalue weighted by molar-refractivity contribution is 0.0951. The molecule has 0 aliphatic carbocycles. The van der Waals surface area contributed by atoms with Crippen molar-refractivity contribution >= 4 is 39.5 Å². The van der Waals surface area contributed by atoms with E-state index in [2.05, 4.69) is 56.0 Å². The number of likely N-dealkylation sites (N-methyl/N-ethyl adjacent to an activating group) is 1. The Balaban J connectivity index is 1.39. The van der Waals surface area contributed by atoms with Crippen LogP contribution in [0.25, 0.3) is 21.8 Å². The van der Waals surface area contributed by atoms with Crippen LogP contribution in [0, 0.1) is 0 Å². The number of aromatic nitrogens is 3. The number of nitrogens with zero attached hydrogens (tertiary/aromatic N) is 4. The Morgan fingerprint density at radius 3 is 2.71 bits per heavy atom. The van der Waals surface area contributed by atoms with Gasteiger partial charge in [0.25, 0.3) is 5.91 Å². The van der Waals surface area contributed by atoms with E-state index in [0.29, 0.717) is 23.9 Å². The van der Waals surface area contributed by atoms with Crippen LogP contribution < -0.4 is 16.4 Å². The molecular weight excluding hydrogens is 426 g/mol. The Bertz CT molecular complexity index is 1390. The number of amides is 1. The van der Waals surface area contributed by atoms with Gasteiger partial charge in [0.1, 0.15) is 5.82 Å². The first kappa shape index (κ1) is 22.2. The minimum atomic E-state index is -0.0853. The predicted molar refractivity (Wildman–Crippen MR) is 137 cm³/mol. The maximum absolute atomic E-state index is 13.1. The summed E-state index contributed by atoms with van der Waals surface area (Å²) in [4.78, 5) is 24.2. The van der Waals surface area contributed by atoms with E-state index >= 15 is 0 Å². The first-order valence-corrected chi connectivity index (χ1v) is 11.9. The Morgan fingerprint density at radius 2 is 1.94 bits per heavy atom. The summed E-state index contributed by atoms with van der Waals surface area (Å²) in [5.74, 6) is 0.819. The van der Waals surface area contributed by atoms with Crippen molar-refractivity contribution in [1.29, 1.82) is 0 Å².